The van der Waals surface area contributed by atoms with Crippen molar-refractivity contribution in [2.75, 3.05) is 6.54 Å². The van der Waals surface area contributed by atoms with Gasteiger partial charge in [0.05, 0.1) is 5.01 Å². The van der Waals surface area contributed by atoms with Crippen molar-refractivity contribution in [2.24, 2.45) is 0 Å². The SMILES string of the molecule is CCNC(Cc1cccc(F)c1)Cc1nccs1. The molecule has 0 fully saturated rings. The molecule has 1 aromatic carbocycles. The second-order valence-corrected chi connectivity index (χ2v) is 5.20. The number of aromatic nitrogens is 1. The normalized spacial score (nSPS) is 12.6. The molecule has 18 heavy (non-hydrogen) atoms. The highest BCUT2D eigenvalue weighted by Gasteiger charge is 2.11. The van der Waals surface area contributed by atoms with Crippen LogP contribution in [0.15, 0.2) is 35.8 Å². The van der Waals surface area contributed by atoms with Crippen LogP contribution in [-0.2, 0) is 12.8 Å². The largest absolute Gasteiger partial charge is 0.314 e. The molecule has 0 saturated carbocycles. The van der Waals surface area contributed by atoms with Crippen LogP contribution in [0.3, 0.4) is 0 Å². The quantitative estimate of drug-likeness (QED) is 0.867. The lowest BCUT2D eigenvalue weighted by Crippen LogP contribution is -2.33. The van der Waals surface area contributed by atoms with Gasteiger partial charge in [0.15, 0.2) is 0 Å². The molecule has 1 unspecified atom stereocenters. The Hall–Kier alpha value is -1.26. The Labute approximate surface area is 111 Å². The number of benzene rings is 1. The van der Waals surface area contributed by atoms with Crippen molar-refractivity contribution < 1.29 is 4.39 Å². The van der Waals surface area contributed by atoms with Crippen LogP contribution in [0.5, 0.6) is 0 Å². The van der Waals surface area contributed by atoms with Crippen LogP contribution < -0.4 is 5.32 Å². The summed E-state index contributed by atoms with van der Waals surface area (Å²) in [6, 6.07) is 7.12. The highest BCUT2D eigenvalue weighted by Crippen LogP contribution is 2.12. The molecule has 2 rings (SSSR count). The van der Waals surface area contributed by atoms with Gasteiger partial charge in [-0.05, 0) is 30.7 Å². The van der Waals surface area contributed by atoms with Gasteiger partial charge in [-0.3, -0.25) is 0 Å². The summed E-state index contributed by atoms with van der Waals surface area (Å²) in [5.41, 5.74) is 1.03. The van der Waals surface area contributed by atoms with Gasteiger partial charge in [0.2, 0.25) is 0 Å². The fourth-order valence-corrected chi connectivity index (χ4v) is 2.72. The zero-order valence-electron chi connectivity index (χ0n) is 10.4. The van der Waals surface area contributed by atoms with E-state index in [1.54, 1.807) is 23.5 Å². The third-order valence-electron chi connectivity index (χ3n) is 2.77. The highest BCUT2D eigenvalue weighted by atomic mass is 32.1. The number of thiazole rings is 1. The van der Waals surface area contributed by atoms with E-state index in [1.807, 2.05) is 17.6 Å². The van der Waals surface area contributed by atoms with E-state index in [0.29, 0.717) is 6.04 Å². The molecule has 0 bridgehead atoms. The minimum absolute atomic E-state index is 0.169. The topological polar surface area (TPSA) is 24.9 Å². The first-order valence-electron chi connectivity index (χ1n) is 6.14. The van der Waals surface area contributed by atoms with E-state index in [-0.39, 0.29) is 5.82 Å². The molecule has 0 amide bonds. The van der Waals surface area contributed by atoms with Gasteiger partial charge in [-0.15, -0.1) is 11.3 Å². The summed E-state index contributed by atoms with van der Waals surface area (Å²) in [5.74, 6) is -0.169. The molecule has 0 aliphatic carbocycles. The molecule has 96 valence electrons. The maximum absolute atomic E-state index is 13.2. The van der Waals surface area contributed by atoms with Crippen LogP contribution in [-0.4, -0.2) is 17.6 Å². The summed E-state index contributed by atoms with van der Waals surface area (Å²) < 4.78 is 13.2. The van der Waals surface area contributed by atoms with Crippen LogP contribution in [0.25, 0.3) is 0 Å². The van der Waals surface area contributed by atoms with Gasteiger partial charge in [0.1, 0.15) is 5.82 Å². The van der Waals surface area contributed by atoms with Gasteiger partial charge >= 0.3 is 0 Å². The first-order chi connectivity index (χ1) is 8.78. The fraction of sp³-hybridized carbons (Fsp3) is 0.357. The molecule has 0 aliphatic heterocycles. The summed E-state index contributed by atoms with van der Waals surface area (Å²) in [6.07, 6.45) is 3.54. The van der Waals surface area contributed by atoms with E-state index in [4.69, 9.17) is 0 Å². The molecule has 1 atom stereocenters. The van der Waals surface area contributed by atoms with E-state index in [0.717, 1.165) is 30.0 Å². The van der Waals surface area contributed by atoms with Crippen molar-refractivity contribution in [3.05, 3.63) is 52.2 Å². The highest BCUT2D eigenvalue weighted by molar-refractivity contribution is 7.09. The standard InChI is InChI=1S/C14H17FN2S/c1-2-16-13(10-14-17-6-7-18-14)9-11-4-3-5-12(15)8-11/h3-8,13,16H,2,9-10H2,1H3. The van der Waals surface area contributed by atoms with Crippen molar-refractivity contribution in [2.45, 2.75) is 25.8 Å². The first kappa shape index (κ1) is 13.2. The molecule has 0 aliphatic rings. The predicted molar refractivity (Wildman–Crippen MR) is 73.4 cm³/mol. The van der Waals surface area contributed by atoms with Crippen molar-refractivity contribution in [1.82, 2.24) is 10.3 Å². The fourth-order valence-electron chi connectivity index (χ4n) is 2.02. The van der Waals surface area contributed by atoms with Gasteiger partial charge in [-0.2, -0.15) is 0 Å². The Balaban J connectivity index is 2.01. The average Bonchev–Trinajstić information content (AvgIpc) is 2.82. The summed E-state index contributed by atoms with van der Waals surface area (Å²) in [4.78, 5) is 4.30. The molecule has 1 N–H and O–H groups in total. The van der Waals surface area contributed by atoms with Crippen LogP contribution in [0.1, 0.15) is 17.5 Å². The van der Waals surface area contributed by atoms with Gasteiger partial charge in [0, 0.05) is 24.0 Å². The Bertz CT molecular complexity index is 470. The minimum Gasteiger partial charge on any atom is -0.314 e. The van der Waals surface area contributed by atoms with E-state index >= 15 is 0 Å². The second-order valence-electron chi connectivity index (χ2n) is 4.22. The van der Waals surface area contributed by atoms with E-state index in [1.165, 1.54) is 6.07 Å². The summed E-state index contributed by atoms with van der Waals surface area (Å²) >= 11 is 1.67. The predicted octanol–water partition coefficient (Wildman–Crippen LogP) is 3.05. The summed E-state index contributed by atoms with van der Waals surface area (Å²) in [5, 5.41) is 6.54. The first-order valence-corrected chi connectivity index (χ1v) is 7.02. The molecule has 0 spiro atoms. The van der Waals surface area contributed by atoms with Crippen molar-refractivity contribution >= 4 is 11.3 Å². The maximum atomic E-state index is 13.2. The number of nitrogens with one attached hydrogen (secondary N) is 1. The van der Waals surface area contributed by atoms with Crippen LogP contribution in [0, 0.1) is 5.82 Å². The van der Waals surface area contributed by atoms with Crippen LogP contribution in [0.4, 0.5) is 4.39 Å². The number of hydrogen-bond donors (Lipinski definition) is 1. The molecular weight excluding hydrogens is 247 g/mol. The molecule has 1 heterocycles. The third kappa shape index (κ3) is 3.89. The number of rotatable bonds is 6. The molecule has 0 saturated heterocycles. The number of halogens is 1. The molecule has 1 aromatic heterocycles. The second kappa shape index (κ2) is 6.61. The minimum atomic E-state index is -0.169. The molecule has 4 heteroatoms. The van der Waals surface area contributed by atoms with Gasteiger partial charge < -0.3 is 5.32 Å². The lowest BCUT2D eigenvalue weighted by molar-refractivity contribution is 0.518. The Morgan fingerprint density at radius 1 is 1.39 bits per heavy atom. The van der Waals surface area contributed by atoms with E-state index < -0.39 is 0 Å². The maximum Gasteiger partial charge on any atom is 0.123 e. The zero-order valence-corrected chi connectivity index (χ0v) is 11.2. The third-order valence-corrected chi connectivity index (χ3v) is 3.57. The molecule has 2 aromatic rings. The van der Waals surface area contributed by atoms with Gasteiger partial charge in [-0.25, -0.2) is 9.37 Å². The van der Waals surface area contributed by atoms with Crippen LogP contribution in [0.2, 0.25) is 0 Å². The smallest absolute Gasteiger partial charge is 0.123 e. The molecular formula is C14H17FN2S. The van der Waals surface area contributed by atoms with Crippen molar-refractivity contribution in [3.63, 3.8) is 0 Å². The summed E-state index contributed by atoms with van der Waals surface area (Å²) in [7, 11) is 0. The van der Waals surface area contributed by atoms with Gasteiger partial charge in [0.25, 0.3) is 0 Å². The lowest BCUT2D eigenvalue weighted by Gasteiger charge is -2.16. The Morgan fingerprint density at radius 3 is 2.94 bits per heavy atom. The monoisotopic (exact) mass is 264 g/mol. The van der Waals surface area contributed by atoms with E-state index in [2.05, 4.69) is 17.2 Å². The van der Waals surface area contributed by atoms with Crippen molar-refractivity contribution in [3.8, 4) is 0 Å². The zero-order chi connectivity index (χ0) is 12.8. The Kier molecular flexibility index (Phi) is 4.84. The molecule has 0 radical (unpaired) electrons. The number of nitrogens with zero attached hydrogens (tertiary/aromatic N) is 1. The van der Waals surface area contributed by atoms with Crippen molar-refractivity contribution in [1.29, 1.82) is 0 Å². The number of likely N-dealkylation sites (N-methyl/N-ethyl adjacent to an activating group) is 1. The molecule has 2 nitrogen and oxygen atoms in total. The summed E-state index contributed by atoms with van der Waals surface area (Å²) in [6.45, 7) is 2.99. The average molecular weight is 264 g/mol. The Morgan fingerprint density at radius 2 is 2.28 bits per heavy atom. The lowest BCUT2D eigenvalue weighted by atomic mass is 10.0. The van der Waals surface area contributed by atoms with Gasteiger partial charge in [-0.1, -0.05) is 19.1 Å². The number of hydrogen-bond acceptors (Lipinski definition) is 3. The van der Waals surface area contributed by atoms with Crippen LogP contribution >= 0.6 is 11.3 Å². The van der Waals surface area contributed by atoms with E-state index in [9.17, 15) is 4.39 Å².